The Balaban J connectivity index is 2.73. The van der Waals surface area contributed by atoms with Crippen LogP contribution in [0.2, 0.25) is 6.04 Å². The Morgan fingerprint density at radius 2 is 1.54 bits per heavy atom. The molecule has 0 aliphatic carbocycles. The fourth-order valence-electron chi connectivity index (χ4n) is 2.44. The summed E-state index contributed by atoms with van der Waals surface area (Å²) < 4.78 is 24.0. The lowest BCUT2D eigenvalue weighted by atomic mass is 10.3. The lowest BCUT2D eigenvalue weighted by Gasteiger charge is -2.30. The van der Waals surface area contributed by atoms with E-state index in [1.165, 1.54) is 0 Å². The van der Waals surface area contributed by atoms with Gasteiger partial charge in [0.05, 0.1) is 6.61 Å². The monoisotopic (exact) mass is 408 g/mol. The van der Waals surface area contributed by atoms with Crippen LogP contribution in [0.4, 0.5) is 0 Å². The van der Waals surface area contributed by atoms with Crippen molar-refractivity contribution in [1.29, 1.82) is 0 Å². The molecule has 5 nitrogen and oxygen atoms in total. The molecule has 0 spiro atoms. The largest absolute Gasteiger partial charge is 0.566 e. The number of carbonyl (C=O) groups is 1. The van der Waals surface area contributed by atoms with E-state index in [9.17, 15) is 4.79 Å². The SMILES string of the molecule is C=C(C)C(=O)OCCCC[Si](OCCCC)(OCCCC)Oc1ccccc1. The van der Waals surface area contributed by atoms with E-state index in [1.54, 1.807) is 6.92 Å². The van der Waals surface area contributed by atoms with Crippen LogP contribution in [-0.2, 0) is 18.4 Å². The molecule has 0 N–H and O–H groups in total. The van der Waals surface area contributed by atoms with Crippen molar-refractivity contribution in [2.75, 3.05) is 19.8 Å². The van der Waals surface area contributed by atoms with E-state index in [-0.39, 0.29) is 5.97 Å². The number of para-hydroxylation sites is 1. The van der Waals surface area contributed by atoms with Gasteiger partial charge in [0.2, 0.25) is 0 Å². The van der Waals surface area contributed by atoms with Gasteiger partial charge in [-0.2, -0.15) is 0 Å². The normalized spacial score (nSPS) is 11.2. The third-order valence-corrected chi connectivity index (χ3v) is 6.92. The van der Waals surface area contributed by atoms with E-state index in [4.69, 9.17) is 18.0 Å². The quantitative estimate of drug-likeness (QED) is 0.156. The number of hydrogen-bond donors (Lipinski definition) is 0. The number of esters is 1. The summed E-state index contributed by atoms with van der Waals surface area (Å²) in [4.78, 5) is 11.5. The highest BCUT2D eigenvalue weighted by Crippen LogP contribution is 2.24. The molecule has 0 bridgehead atoms. The maximum absolute atomic E-state index is 11.5. The second-order valence-corrected chi connectivity index (χ2v) is 9.52. The van der Waals surface area contributed by atoms with Gasteiger partial charge in [-0.05, 0) is 44.7 Å². The maximum Gasteiger partial charge on any atom is 0.566 e. The summed E-state index contributed by atoms with van der Waals surface area (Å²) >= 11 is 0. The van der Waals surface area contributed by atoms with Crippen molar-refractivity contribution in [1.82, 2.24) is 0 Å². The van der Waals surface area contributed by atoms with Crippen molar-refractivity contribution >= 4 is 14.8 Å². The summed E-state index contributed by atoms with van der Waals surface area (Å²) in [5.74, 6) is 0.429. The van der Waals surface area contributed by atoms with Gasteiger partial charge in [-0.1, -0.05) is 51.5 Å². The first kappa shape index (κ1) is 24.4. The zero-order valence-electron chi connectivity index (χ0n) is 17.7. The summed E-state index contributed by atoms with van der Waals surface area (Å²) in [6.07, 6.45) is 5.60. The summed E-state index contributed by atoms with van der Waals surface area (Å²) in [7, 11) is -2.87. The molecule has 0 aliphatic heterocycles. The van der Waals surface area contributed by atoms with Gasteiger partial charge in [-0.25, -0.2) is 4.79 Å². The molecule has 6 heteroatoms. The van der Waals surface area contributed by atoms with E-state index >= 15 is 0 Å². The van der Waals surface area contributed by atoms with Gasteiger partial charge in [-0.15, -0.1) is 0 Å². The van der Waals surface area contributed by atoms with Crippen LogP contribution in [0.15, 0.2) is 42.5 Å². The molecule has 158 valence electrons. The van der Waals surface area contributed by atoms with Gasteiger partial charge >= 0.3 is 14.8 Å². The van der Waals surface area contributed by atoms with E-state index in [2.05, 4.69) is 20.4 Å². The molecular formula is C22H36O5Si. The Morgan fingerprint density at radius 3 is 2.07 bits per heavy atom. The maximum atomic E-state index is 11.5. The molecule has 0 saturated heterocycles. The average Bonchev–Trinajstić information content (AvgIpc) is 2.68. The van der Waals surface area contributed by atoms with Gasteiger partial charge < -0.3 is 18.0 Å². The number of carbonyl (C=O) groups excluding carboxylic acids is 1. The Kier molecular flexibility index (Phi) is 12.5. The van der Waals surface area contributed by atoms with Crippen LogP contribution < -0.4 is 4.43 Å². The summed E-state index contributed by atoms with van der Waals surface area (Å²) in [6.45, 7) is 11.1. The van der Waals surface area contributed by atoms with Crippen LogP contribution in [0.25, 0.3) is 0 Å². The fourth-order valence-corrected chi connectivity index (χ4v) is 5.12. The Labute approximate surface area is 171 Å². The van der Waals surface area contributed by atoms with Gasteiger partial charge in [-0.3, -0.25) is 0 Å². The standard InChI is InChI=1S/C22H36O5Si/c1-5-7-17-25-28(26-18-8-6-2,27-21-14-10-9-11-15-21)19-13-12-16-24-22(23)20(3)4/h9-11,14-15H,3,5-8,12-13,16-19H2,1-2,4H3. The number of benzene rings is 1. The van der Waals surface area contributed by atoms with Crippen LogP contribution in [0.3, 0.4) is 0 Å². The first-order valence-electron chi connectivity index (χ1n) is 10.4. The van der Waals surface area contributed by atoms with Crippen molar-refractivity contribution in [2.24, 2.45) is 0 Å². The molecule has 0 radical (unpaired) electrons. The summed E-state index contributed by atoms with van der Waals surface area (Å²) in [6, 6.07) is 10.4. The predicted molar refractivity (Wildman–Crippen MR) is 114 cm³/mol. The number of ether oxygens (including phenoxy) is 1. The molecule has 0 aliphatic rings. The molecular weight excluding hydrogens is 372 g/mol. The molecule has 0 amide bonds. The van der Waals surface area contributed by atoms with E-state index in [0.717, 1.165) is 44.3 Å². The number of unbranched alkanes of at least 4 members (excludes halogenated alkanes) is 3. The summed E-state index contributed by atoms with van der Waals surface area (Å²) in [5.41, 5.74) is 0.418. The Hall–Kier alpha value is -1.63. The first-order chi connectivity index (χ1) is 13.5. The molecule has 1 aromatic rings. The van der Waals surface area contributed by atoms with Gasteiger partial charge in [0.25, 0.3) is 0 Å². The van der Waals surface area contributed by atoms with Gasteiger partial charge in [0.15, 0.2) is 0 Å². The minimum atomic E-state index is -2.87. The van der Waals surface area contributed by atoms with E-state index in [0.29, 0.717) is 31.4 Å². The number of rotatable bonds is 16. The highest BCUT2D eigenvalue weighted by molar-refractivity contribution is 6.61. The number of hydrogen-bond acceptors (Lipinski definition) is 5. The lowest BCUT2D eigenvalue weighted by molar-refractivity contribution is -0.139. The second kappa shape index (κ2) is 14.4. The van der Waals surface area contributed by atoms with Crippen molar-refractivity contribution in [2.45, 2.75) is 65.3 Å². The third-order valence-electron chi connectivity index (χ3n) is 4.12. The molecule has 28 heavy (non-hydrogen) atoms. The lowest BCUT2D eigenvalue weighted by Crippen LogP contribution is -2.49. The highest BCUT2D eigenvalue weighted by Gasteiger charge is 2.43. The van der Waals surface area contributed by atoms with E-state index in [1.807, 2.05) is 30.3 Å². The predicted octanol–water partition coefficient (Wildman–Crippen LogP) is 5.54. The van der Waals surface area contributed by atoms with Crippen molar-refractivity contribution in [3.63, 3.8) is 0 Å². The molecule has 0 heterocycles. The fraction of sp³-hybridized carbons (Fsp3) is 0.591. The highest BCUT2D eigenvalue weighted by atomic mass is 28.4. The average molecular weight is 409 g/mol. The first-order valence-corrected chi connectivity index (χ1v) is 12.3. The van der Waals surface area contributed by atoms with Crippen LogP contribution >= 0.6 is 0 Å². The molecule has 1 rings (SSSR count). The smallest absolute Gasteiger partial charge is 0.501 e. The van der Waals surface area contributed by atoms with Crippen molar-refractivity contribution in [3.05, 3.63) is 42.5 Å². The second-order valence-electron chi connectivity index (χ2n) is 6.88. The molecule has 0 aromatic heterocycles. The third kappa shape index (κ3) is 10.1. The minimum Gasteiger partial charge on any atom is -0.501 e. The molecule has 0 atom stereocenters. The molecule has 0 saturated carbocycles. The molecule has 0 fully saturated rings. The zero-order valence-corrected chi connectivity index (χ0v) is 18.7. The van der Waals surface area contributed by atoms with Crippen LogP contribution in [0.5, 0.6) is 5.75 Å². The minimum absolute atomic E-state index is 0.345. The Morgan fingerprint density at radius 1 is 0.929 bits per heavy atom. The Bertz CT molecular complexity index is 551. The summed E-state index contributed by atoms with van der Waals surface area (Å²) in [5, 5.41) is 0. The van der Waals surface area contributed by atoms with Gasteiger partial charge in [0, 0.05) is 24.8 Å². The van der Waals surface area contributed by atoms with E-state index < -0.39 is 8.80 Å². The van der Waals surface area contributed by atoms with Crippen molar-refractivity contribution in [3.8, 4) is 5.75 Å². The van der Waals surface area contributed by atoms with Crippen LogP contribution in [0.1, 0.15) is 59.3 Å². The molecule has 1 aromatic carbocycles. The van der Waals surface area contributed by atoms with Crippen LogP contribution in [-0.4, -0.2) is 34.6 Å². The van der Waals surface area contributed by atoms with Crippen molar-refractivity contribution < 1.29 is 22.8 Å². The van der Waals surface area contributed by atoms with Gasteiger partial charge in [0.1, 0.15) is 5.75 Å². The topological polar surface area (TPSA) is 54.0 Å². The van der Waals surface area contributed by atoms with Crippen LogP contribution in [0, 0.1) is 0 Å². The zero-order chi connectivity index (χ0) is 20.7. The molecule has 0 unspecified atom stereocenters.